The predicted molar refractivity (Wildman–Crippen MR) is 250 cm³/mol. The van der Waals surface area contributed by atoms with Crippen molar-refractivity contribution in [2.75, 3.05) is 19.8 Å². The summed E-state index contributed by atoms with van der Waals surface area (Å²) in [6.07, 6.45) is -19.7. The van der Waals surface area contributed by atoms with Crippen molar-refractivity contribution in [1.29, 1.82) is 0 Å². The Labute approximate surface area is 426 Å². The minimum absolute atomic E-state index is 0.147. The maximum Gasteiger partial charge on any atom is 0.187 e. The van der Waals surface area contributed by atoms with Crippen LogP contribution in [0.1, 0.15) is 106 Å². The Morgan fingerprint density at radius 2 is 1.27 bits per heavy atom. The normalized spacial score (nSPS) is 58.2. The van der Waals surface area contributed by atoms with Crippen LogP contribution in [0.2, 0.25) is 0 Å². The van der Waals surface area contributed by atoms with Crippen molar-refractivity contribution in [3.05, 3.63) is 11.6 Å². The molecular formula is C52H84O21. The van der Waals surface area contributed by atoms with Crippen LogP contribution in [0.5, 0.6) is 0 Å². The number of aliphatic hydroxyl groups excluding tert-OH is 10. The average molecular weight is 1050 g/mol. The molecule has 418 valence electrons. The van der Waals surface area contributed by atoms with E-state index in [0.29, 0.717) is 37.2 Å². The van der Waals surface area contributed by atoms with Gasteiger partial charge in [-0.15, -0.1) is 0 Å². The Morgan fingerprint density at radius 1 is 0.616 bits per heavy atom. The fourth-order valence-electron chi connectivity index (χ4n) is 15.6. The van der Waals surface area contributed by atoms with Gasteiger partial charge in [-0.1, -0.05) is 39.3 Å². The average Bonchev–Trinajstić information content (AvgIpc) is 3.72. The SMILES string of the molecule is CC1CC[C@@]2(OC1)OC1CC3C4CC=C5C[C@@H](O[C@@H]6O[C@H](CO)[C@@H](OC7O[C@@H](C)[C@H](OC[C@@H]8O[C@@H](C)[C@H](O)[C@@H](O)[C@H]8O)[C@@H](O)[C@H]7O)[C@@H](O)[C@H]6O[C@@H]6O[C@@H](C)[C@H](O)[C@@H](O)[C@H]6O)CC[C@]5(C)C4CC[C@]3(C)[C@@]1(O)[C@@H]2C. The number of hydrogen-bond donors (Lipinski definition) is 11. The Bertz CT molecular complexity index is 1960. The molecule has 1 spiro atoms. The number of allylic oxidation sites excluding steroid dienone is 1. The zero-order valence-electron chi connectivity index (χ0n) is 43.2. The molecule has 0 radical (unpaired) electrons. The molecule has 21 nitrogen and oxygen atoms in total. The monoisotopic (exact) mass is 1040 g/mol. The van der Waals surface area contributed by atoms with Crippen LogP contribution in [0.25, 0.3) is 0 Å². The Hall–Kier alpha value is -1.10. The lowest BCUT2D eigenvalue weighted by molar-refractivity contribution is -0.389. The van der Waals surface area contributed by atoms with E-state index >= 15 is 0 Å². The van der Waals surface area contributed by atoms with Crippen LogP contribution < -0.4 is 0 Å². The molecule has 73 heavy (non-hydrogen) atoms. The van der Waals surface area contributed by atoms with Crippen LogP contribution in [0.4, 0.5) is 0 Å². The molecule has 31 atom stereocenters. The van der Waals surface area contributed by atoms with Gasteiger partial charge in [0.05, 0.1) is 50.3 Å². The molecule has 0 aromatic rings. The van der Waals surface area contributed by atoms with Crippen molar-refractivity contribution in [3.63, 3.8) is 0 Å². The minimum Gasteiger partial charge on any atom is -0.394 e. The van der Waals surface area contributed by atoms with Crippen LogP contribution in [0.15, 0.2) is 11.6 Å². The van der Waals surface area contributed by atoms with Crippen molar-refractivity contribution in [2.24, 2.45) is 40.4 Å². The van der Waals surface area contributed by atoms with Crippen molar-refractivity contribution < 1.29 is 104 Å². The maximum atomic E-state index is 12.9. The molecule has 0 bridgehead atoms. The van der Waals surface area contributed by atoms with E-state index in [2.05, 4.69) is 33.8 Å². The third kappa shape index (κ3) is 9.05. The molecule has 6 heterocycles. The Kier molecular flexibility index (Phi) is 15.5. The summed E-state index contributed by atoms with van der Waals surface area (Å²) in [4.78, 5) is 0. The highest BCUT2D eigenvalue weighted by Crippen LogP contribution is 2.72. The summed E-state index contributed by atoms with van der Waals surface area (Å²) in [5.74, 6) is 0.545. The van der Waals surface area contributed by atoms with Crippen molar-refractivity contribution in [2.45, 2.75) is 252 Å². The molecule has 6 unspecified atom stereocenters. The first kappa shape index (κ1) is 55.2. The third-order valence-electron chi connectivity index (χ3n) is 20.3. The summed E-state index contributed by atoms with van der Waals surface area (Å²) < 4.78 is 62.2. The summed E-state index contributed by atoms with van der Waals surface area (Å²) in [7, 11) is 0. The van der Waals surface area contributed by atoms with Gasteiger partial charge < -0.3 is 104 Å². The molecule has 0 aromatic carbocycles. The second kappa shape index (κ2) is 20.5. The van der Waals surface area contributed by atoms with Crippen LogP contribution in [0.3, 0.4) is 0 Å². The van der Waals surface area contributed by atoms with E-state index in [9.17, 15) is 56.2 Å². The first-order chi connectivity index (χ1) is 34.5. The first-order valence-corrected chi connectivity index (χ1v) is 27.1. The lowest BCUT2D eigenvalue weighted by atomic mass is 9.46. The number of fused-ring (bicyclic) bond motifs is 7. The molecule has 10 aliphatic rings. The largest absolute Gasteiger partial charge is 0.394 e. The molecule has 0 aromatic heterocycles. The lowest BCUT2D eigenvalue weighted by Crippen LogP contribution is -2.67. The number of hydrogen-bond acceptors (Lipinski definition) is 21. The molecule has 10 rings (SSSR count). The minimum atomic E-state index is -1.80. The zero-order chi connectivity index (χ0) is 52.4. The zero-order valence-corrected chi connectivity index (χ0v) is 43.2. The number of aliphatic hydroxyl groups is 11. The van der Waals surface area contributed by atoms with Crippen molar-refractivity contribution >= 4 is 0 Å². The fourth-order valence-corrected chi connectivity index (χ4v) is 15.6. The van der Waals surface area contributed by atoms with Gasteiger partial charge in [-0.05, 0) is 101 Å². The lowest BCUT2D eigenvalue weighted by Gasteiger charge is -2.60. The van der Waals surface area contributed by atoms with E-state index in [-0.39, 0.29) is 35.4 Å². The molecule has 3 saturated carbocycles. The van der Waals surface area contributed by atoms with Gasteiger partial charge in [-0.25, -0.2) is 0 Å². The summed E-state index contributed by atoms with van der Waals surface area (Å²) >= 11 is 0. The summed E-state index contributed by atoms with van der Waals surface area (Å²) in [6.45, 7) is 13.1. The third-order valence-corrected chi connectivity index (χ3v) is 20.3. The van der Waals surface area contributed by atoms with E-state index in [0.717, 1.165) is 44.9 Å². The highest BCUT2D eigenvalue weighted by molar-refractivity contribution is 5.29. The highest BCUT2D eigenvalue weighted by Gasteiger charge is 2.76. The molecule has 11 N–H and O–H groups in total. The van der Waals surface area contributed by atoms with E-state index < -0.39 is 147 Å². The van der Waals surface area contributed by atoms with Gasteiger partial charge in [0.25, 0.3) is 0 Å². The number of ether oxygens (including phenoxy) is 10. The molecule has 21 heteroatoms. The van der Waals surface area contributed by atoms with Gasteiger partial charge in [0.1, 0.15) is 91.1 Å². The Balaban J connectivity index is 0.831. The molecule has 4 aliphatic carbocycles. The maximum absolute atomic E-state index is 12.9. The van der Waals surface area contributed by atoms with Gasteiger partial charge in [-0.2, -0.15) is 0 Å². The van der Waals surface area contributed by atoms with Crippen LogP contribution >= 0.6 is 0 Å². The van der Waals surface area contributed by atoms with E-state index in [1.54, 1.807) is 0 Å². The highest BCUT2D eigenvalue weighted by atomic mass is 16.8. The van der Waals surface area contributed by atoms with Crippen molar-refractivity contribution in [1.82, 2.24) is 0 Å². The topological polar surface area (TPSA) is 315 Å². The van der Waals surface area contributed by atoms with Crippen LogP contribution in [-0.4, -0.2) is 222 Å². The van der Waals surface area contributed by atoms with Gasteiger partial charge in [0, 0.05) is 17.8 Å². The summed E-state index contributed by atoms with van der Waals surface area (Å²) in [5.41, 5.74) is -0.217. The fraction of sp³-hybridized carbons (Fsp3) is 0.962. The Morgan fingerprint density at radius 3 is 1.96 bits per heavy atom. The van der Waals surface area contributed by atoms with E-state index in [4.69, 9.17) is 47.4 Å². The predicted octanol–water partition coefficient (Wildman–Crippen LogP) is -0.749. The van der Waals surface area contributed by atoms with Crippen LogP contribution in [0, 0.1) is 40.4 Å². The molecule has 6 saturated heterocycles. The second-order valence-electron chi connectivity index (χ2n) is 24.3. The molecule has 0 amide bonds. The van der Waals surface area contributed by atoms with Gasteiger partial charge in [0.15, 0.2) is 24.7 Å². The summed E-state index contributed by atoms with van der Waals surface area (Å²) in [5, 5.41) is 122. The standard InChI is InChI=1S/C52H84O21/c1-21-10-15-51(65-19-21)25(5)52(63)33(73-51)17-30-28-9-8-26-16-27(11-13-49(26,6)29(28)12-14-50(30,52)7)69-48-45(72-46-40(60)38(58)35(55)23(3)67-46)42(62)44(31(18-53)70-48)71-47-41(61)39(59)43(24(4)68-47)64-20-32-36(56)37(57)34(54)22(2)66-32/h8,21-25,27-48,53-63H,9-20H2,1-7H3/t21?,22-,23-,24-,25+,27-,28?,29?,30?,31+,32-,33?,34-,35-,36-,37+,38+,39-,40+,41+,42+,43-,44+,45+,46-,47?,48+,49-,50-,51+,52+/m0/s1. The van der Waals surface area contributed by atoms with Gasteiger partial charge >= 0.3 is 0 Å². The van der Waals surface area contributed by atoms with Crippen LogP contribution in [-0.2, 0) is 47.4 Å². The second-order valence-corrected chi connectivity index (χ2v) is 24.3. The van der Waals surface area contributed by atoms with Gasteiger partial charge in [0.2, 0.25) is 0 Å². The first-order valence-electron chi connectivity index (χ1n) is 27.1. The quantitative estimate of drug-likeness (QED) is 0.120. The number of rotatable bonds is 10. The van der Waals surface area contributed by atoms with E-state index in [1.807, 2.05) is 0 Å². The molecule has 9 fully saturated rings. The molecule has 6 aliphatic heterocycles. The summed E-state index contributed by atoms with van der Waals surface area (Å²) in [6, 6.07) is 0. The van der Waals surface area contributed by atoms with E-state index in [1.165, 1.54) is 26.3 Å². The van der Waals surface area contributed by atoms with Crippen molar-refractivity contribution in [3.8, 4) is 0 Å². The smallest absolute Gasteiger partial charge is 0.187 e. The molecular weight excluding hydrogens is 961 g/mol. The van der Waals surface area contributed by atoms with Gasteiger partial charge in [-0.3, -0.25) is 0 Å².